The highest BCUT2D eigenvalue weighted by molar-refractivity contribution is 7.14. The molecule has 0 N–H and O–H groups in total. The Morgan fingerprint density at radius 3 is 2.07 bits per heavy atom. The average Bonchev–Trinajstić information content (AvgIpc) is 2.47. The van der Waals surface area contributed by atoms with Gasteiger partial charge in [-0.3, -0.25) is 4.79 Å². The molecular weight excluding hydrogens is 225 g/mol. The van der Waals surface area contributed by atoms with Gasteiger partial charge in [-0.05, 0) is 17.5 Å². The summed E-state index contributed by atoms with van der Waals surface area (Å²) in [5.41, 5.74) is -0.227. The lowest BCUT2D eigenvalue weighted by atomic mass is 9.95. The monoisotopic (exact) mass is 236 g/mol. The predicted molar refractivity (Wildman–Crippen MR) is 53.4 cm³/mol. The van der Waals surface area contributed by atoms with Crippen molar-refractivity contribution >= 4 is 17.1 Å². The third-order valence-corrected chi connectivity index (χ3v) is 3.34. The van der Waals surface area contributed by atoms with Crippen LogP contribution in [0.3, 0.4) is 0 Å². The maximum Gasteiger partial charge on any atom is 0.455 e. The zero-order valence-electron chi connectivity index (χ0n) is 8.61. The Balaban J connectivity index is 3.01. The molecule has 5 heteroatoms. The zero-order valence-corrected chi connectivity index (χ0v) is 9.42. The smallest absolute Gasteiger partial charge is 0.283 e. The minimum atomic E-state index is -4.78. The van der Waals surface area contributed by atoms with Crippen LogP contribution >= 0.6 is 11.3 Å². The van der Waals surface area contributed by atoms with E-state index in [0.717, 1.165) is 16.2 Å². The molecule has 84 valence electrons. The molecule has 0 aromatic carbocycles. The summed E-state index contributed by atoms with van der Waals surface area (Å²) in [4.78, 5) is 11.4. The van der Waals surface area contributed by atoms with E-state index in [9.17, 15) is 18.0 Å². The molecule has 1 aromatic heterocycles. The molecule has 0 aliphatic heterocycles. The number of rotatable bonds is 1. The molecule has 1 aromatic rings. The first-order valence-electron chi connectivity index (χ1n) is 4.34. The van der Waals surface area contributed by atoms with Gasteiger partial charge in [0.25, 0.3) is 5.78 Å². The van der Waals surface area contributed by atoms with Crippen LogP contribution in [0.5, 0.6) is 0 Å². The van der Waals surface area contributed by atoms with Crippen molar-refractivity contribution in [3.8, 4) is 0 Å². The SMILES string of the molecule is CC(C)(C)c1ccc(C(=O)C(F)(F)F)s1. The van der Waals surface area contributed by atoms with Crippen molar-refractivity contribution in [2.24, 2.45) is 0 Å². The molecule has 1 heterocycles. The summed E-state index contributed by atoms with van der Waals surface area (Å²) in [6.07, 6.45) is -4.78. The molecule has 0 saturated heterocycles. The number of carbonyl (C=O) groups is 1. The summed E-state index contributed by atoms with van der Waals surface area (Å²) in [5, 5.41) is 0. The Bertz CT molecular complexity index is 371. The summed E-state index contributed by atoms with van der Waals surface area (Å²) < 4.78 is 36.3. The van der Waals surface area contributed by atoms with Crippen LogP contribution in [0.2, 0.25) is 0 Å². The largest absolute Gasteiger partial charge is 0.455 e. The standard InChI is InChI=1S/C10H11F3OS/c1-9(2,3)7-5-4-6(15-7)8(14)10(11,12)13/h4-5H,1-3H3. The summed E-state index contributed by atoms with van der Waals surface area (Å²) in [6.45, 7) is 5.67. The van der Waals surface area contributed by atoms with Crippen molar-refractivity contribution in [2.45, 2.75) is 32.4 Å². The van der Waals surface area contributed by atoms with Crippen LogP contribution in [0.1, 0.15) is 35.3 Å². The first-order chi connectivity index (χ1) is 6.62. The first-order valence-corrected chi connectivity index (χ1v) is 5.16. The molecule has 0 radical (unpaired) electrons. The van der Waals surface area contributed by atoms with Gasteiger partial charge in [0.2, 0.25) is 0 Å². The van der Waals surface area contributed by atoms with E-state index in [0.29, 0.717) is 0 Å². The van der Waals surface area contributed by atoms with Gasteiger partial charge in [0, 0.05) is 4.88 Å². The zero-order chi connectivity index (χ0) is 11.9. The Labute approximate surface area is 89.9 Å². The summed E-state index contributed by atoms with van der Waals surface area (Å²) in [6, 6.07) is 2.81. The molecule has 1 nitrogen and oxygen atoms in total. The molecule has 0 aliphatic rings. The van der Waals surface area contributed by atoms with Gasteiger partial charge in [-0.25, -0.2) is 0 Å². The van der Waals surface area contributed by atoms with Gasteiger partial charge in [0.1, 0.15) is 0 Å². The fourth-order valence-corrected chi connectivity index (χ4v) is 2.03. The van der Waals surface area contributed by atoms with Gasteiger partial charge in [-0.1, -0.05) is 20.8 Å². The van der Waals surface area contributed by atoms with Crippen molar-refractivity contribution in [1.29, 1.82) is 0 Å². The maximum atomic E-state index is 12.1. The molecule has 0 amide bonds. The van der Waals surface area contributed by atoms with Crippen LogP contribution in [0.25, 0.3) is 0 Å². The minimum absolute atomic E-state index is 0.227. The Morgan fingerprint density at radius 1 is 1.20 bits per heavy atom. The number of ketones is 1. The van der Waals surface area contributed by atoms with E-state index in [-0.39, 0.29) is 10.3 Å². The van der Waals surface area contributed by atoms with E-state index < -0.39 is 12.0 Å². The molecule has 0 bridgehead atoms. The molecule has 0 aliphatic carbocycles. The van der Waals surface area contributed by atoms with Crippen molar-refractivity contribution in [1.82, 2.24) is 0 Å². The normalized spacial score (nSPS) is 12.9. The number of halogens is 3. The van der Waals surface area contributed by atoms with Gasteiger partial charge in [0.05, 0.1) is 4.88 Å². The highest BCUT2D eigenvalue weighted by Gasteiger charge is 2.40. The molecule has 0 unspecified atom stereocenters. The van der Waals surface area contributed by atoms with E-state index in [4.69, 9.17) is 0 Å². The molecule has 0 fully saturated rings. The van der Waals surface area contributed by atoms with E-state index >= 15 is 0 Å². The van der Waals surface area contributed by atoms with Gasteiger partial charge >= 0.3 is 6.18 Å². The van der Waals surface area contributed by atoms with Crippen molar-refractivity contribution in [2.75, 3.05) is 0 Å². The lowest BCUT2D eigenvalue weighted by Crippen LogP contribution is -2.21. The van der Waals surface area contributed by atoms with Gasteiger partial charge in [0.15, 0.2) is 0 Å². The lowest BCUT2D eigenvalue weighted by molar-refractivity contribution is -0.0882. The highest BCUT2D eigenvalue weighted by atomic mass is 32.1. The van der Waals surface area contributed by atoms with Crippen molar-refractivity contribution in [3.05, 3.63) is 21.9 Å². The second-order valence-corrected chi connectivity index (χ2v) is 5.32. The van der Waals surface area contributed by atoms with Crippen LogP contribution in [0, 0.1) is 0 Å². The highest BCUT2D eigenvalue weighted by Crippen LogP contribution is 2.32. The van der Waals surface area contributed by atoms with Crippen LogP contribution in [-0.2, 0) is 5.41 Å². The van der Waals surface area contributed by atoms with E-state index in [1.165, 1.54) is 6.07 Å². The number of hydrogen-bond donors (Lipinski definition) is 0. The van der Waals surface area contributed by atoms with Crippen molar-refractivity contribution < 1.29 is 18.0 Å². The van der Waals surface area contributed by atoms with E-state index in [1.54, 1.807) is 6.07 Å². The maximum absolute atomic E-state index is 12.1. The van der Waals surface area contributed by atoms with E-state index in [1.807, 2.05) is 20.8 Å². The number of Topliss-reactive ketones (excluding diaryl/α,β-unsaturated/α-hetero) is 1. The van der Waals surface area contributed by atoms with Gasteiger partial charge in [-0.2, -0.15) is 13.2 Å². The fraction of sp³-hybridized carbons (Fsp3) is 0.500. The number of carbonyl (C=O) groups excluding carboxylic acids is 1. The third-order valence-electron chi connectivity index (χ3n) is 1.83. The van der Waals surface area contributed by atoms with Crippen LogP contribution in [0.15, 0.2) is 12.1 Å². The van der Waals surface area contributed by atoms with Gasteiger partial charge in [-0.15, -0.1) is 11.3 Å². The molecule has 15 heavy (non-hydrogen) atoms. The van der Waals surface area contributed by atoms with E-state index in [2.05, 4.69) is 0 Å². The van der Waals surface area contributed by atoms with Crippen molar-refractivity contribution in [3.63, 3.8) is 0 Å². The quantitative estimate of drug-likeness (QED) is 0.678. The number of alkyl halides is 3. The molecular formula is C10H11F3OS. The van der Waals surface area contributed by atoms with Gasteiger partial charge < -0.3 is 0 Å². The summed E-state index contributed by atoms with van der Waals surface area (Å²) >= 11 is 0.905. The second kappa shape index (κ2) is 3.63. The second-order valence-electron chi connectivity index (χ2n) is 4.24. The first kappa shape index (κ1) is 12.2. The fourth-order valence-electron chi connectivity index (χ4n) is 1.00. The topological polar surface area (TPSA) is 17.1 Å². The molecule has 1 rings (SSSR count). The third kappa shape index (κ3) is 2.81. The molecule has 0 spiro atoms. The Morgan fingerprint density at radius 2 is 1.73 bits per heavy atom. The molecule has 0 atom stereocenters. The predicted octanol–water partition coefficient (Wildman–Crippen LogP) is 3.79. The van der Waals surface area contributed by atoms with Crippen LogP contribution < -0.4 is 0 Å². The average molecular weight is 236 g/mol. The summed E-state index contributed by atoms with van der Waals surface area (Å²) in [5.74, 6) is -1.76. The van der Waals surface area contributed by atoms with Crippen LogP contribution in [0.4, 0.5) is 13.2 Å². The number of hydrogen-bond acceptors (Lipinski definition) is 2. The Hall–Kier alpha value is -0.840. The minimum Gasteiger partial charge on any atom is -0.283 e. The Kier molecular flexibility index (Phi) is 2.96. The summed E-state index contributed by atoms with van der Waals surface area (Å²) in [7, 11) is 0. The van der Waals surface area contributed by atoms with Crippen LogP contribution in [-0.4, -0.2) is 12.0 Å². The molecule has 0 saturated carbocycles. The lowest BCUT2D eigenvalue weighted by Gasteiger charge is -2.15. The number of thiophene rings is 1.